The summed E-state index contributed by atoms with van der Waals surface area (Å²) in [6.45, 7) is -0.349. The summed E-state index contributed by atoms with van der Waals surface area (Å²) in [7, 11) is 0. The summed E-state index contributed by atoms with van der Waals surface area (Å²) in [5, 5.41) is 18.0. The molecule has 0 amide bonds. The van der Waals surface area contributed by atoms with Gasteiger partial charge in [0.15, 0.2) is 5.58 Å². The Balaban J connectivity index is 2.50. The zero-order chi connectivity index (χ0) is 10.8. The van der Waals surface area contributed by atoms with E-state index in [-0.39, 0.29) is 13.2 Å². The van der Waals surface area contributed by atoms with E-state index in [9.17, 15) is 9.90 Å². The lowest BCUT2D eigenvalue weighted by Gasteiger charge is -2.06. The highest BCUT2D eigenvalue weighted by molar-refractivity contribution is 5.72. The van der Waals surface area contributed by atoms with Gasteiger partial charge in [-0.05, 0) is 12.1 Å². The van der Waals surface area contributed by atoms with E-state index in [1.165, 1.54) is 4.57 Å². The largest absolute Gasteiger partial charge is 0.420 e. The number of oxazole rings is 1. The Bertz CT molecular complexity index is 513. The molecule has 0 spiro atoms. The SMILES string of the molecule is O=c1oc2ccccc2n1CC(O)CO. The molecule has 2 N–H and O–H groups in total. The molecule has 1 unspecified atom stereocenters. The molecule has 0 fully saturated rings. The van der Waals surface area contributed by atoms with E-state index in [0.29, 0.717) is 11.1 Å². The number of fused-ring (bicyclic) bond motifs is 1. The second-order valence-electron chi connectivity index (χ2n) is 3.28. The van der Waals surface area contributed by atoms with Crippen LogP contribution in [0.4, 0.5) is 0 Å². The number of hydrogen-bond acceptors (Lipinski definition) is 4. The van der Waals surface area contributed by atoms with Crippen LogP contribution < -0.4 is 5.76 Å². The van der Waals surface area contributed by atoms with Crippen molar-refractivity contribution in [3.8, 4) is 0 Å². The van der Waals surface area contributed by atoms with E-state index in [0.717, 1.165) is 0 Å². The molecule has 0 radical (unpaired) electrons. The van der Waals surface area contributed by atoms with Gasteiger partial charge in [-0.15, -0.1) is 0 Å². The van der Waals surface area contributed by atoms with Gasteiger partial charge in [0.25, 0.3) is 0 Å². The Morgan fingerprint density at radius 1 is 1.40 bits per heavy atom. The number of aliphatic hydroxyl groups excluding tert-OH is 2. The molecule has 0 bridgehead atoms. The summed E-state index contributed by atoms with van der Waals surface area (Å²) in [5.41, 5.74) is 1.10. The molecule has 0 saturated carbocycles. The van der Waals surface area contributed by atoms with Gasteiger partial charge in [0, 0.05) is 0 Å². The third kappa shape index (κ3) is 1.79. The van der Waals surface area contributed by atoms with Gasteiger partial charge in [-0.3, -0.25) is 4.57 Å². The molecule has 15 heavy (non-hydrogen) atoms. The lowest BCUT2D eigenvalue weighted by Crippen LogP contribution is -2.25. The van der Waals surface area contributed by atoms with E-state index in [4.69, 9.17) is 9.52 Å². The van der Waals surface area contributed by atoms with Crippen molar-refractivity contribution in [2.45, 2.75) is 12.6 Å². The summed E-state index contributed by atoms with van der Waals surface area (Å²) in [6, 6.07) is 6.94. The predicted octanol–water partition coefficient (Wildman–Crippen LogP) is -0.0523. The number of aliphatic hydroxyl groups is 2. The van der Waals surface area contributed by atoms with Crippen LogP contribution in [0.25, 0.3) is 11.1 Å². The van der Waals surface area contributed by atoms with Crippen molar-refractivity contribution < 1.29 is 14.6 Å². The number of nitrogens with zero attached hydrogens (tertiary/aromatic N) is 1. The Labute approximate surface area is 85.2 Å². The number of rotatable bonds is 3. The van der Waals surface area contributed by atoms with Gasteiger partial charge in [-0.1, -0.05) is 12.1 Å². The molecule has 0 aliphatic heterocycles. The standard InChI is InChI=1S/C10H11NO4/c12-6-7(13)5-11-8-3-1-2-4-9(8)15-10(11)14/h1-4,7,12-13H,5-6H2. The van der Waals surface area contributed by atoms with Crippen LogP contribution in [0, 0.1) is 0 Å². The van der Waals surface area contributed by atoms with Gasteiger partial charge >= 0.3 is 5.76 Å². The van der Waals surface area contributed by atoms with Crippen LogP contribution >= 0.6 is 0 Å². The zero-order valence-corrected chi connectivity index (χ0v) is 7.96. The maximum atomic E-state index is 11.4. The van der Waals surface area contributed by atoms with Crippen molar-refractivity contribution in [3.63, 3.8) is 0 Å². The maximum absolute atomic E-state index is 11.4. The molecule has 2 aromatic rings. The van der Waals surface area contributed by atoms with Crippen molar-refractivity contribution >= 4 is 11.1 Å². The van der Waals surface area contributed by atoms with E-state index in [2.05, 4.69) is 0 Å². The van der Waals surface area contributed by atoms with E-state index in [1.807, 2.05) is 0 Å². The molecular formula is C10H11NO4. The first-order chi connectivity index (χ1) is 7.22. The van der Waals surface area contributed by atoms with Crippen LogP contribution in [0.15, 0.2) is 33.5 Å². The fraction of sp³-hybridized carbons (Fsp3) is 0.300. The lowest BCUT2D eigenvalue weighted by molar-refractivity contribution is 0.0804. The van der Waals surface area contributed by atoms with Gasteiger partial charge in [-0.2, -0.15) is 0 Å². The molecule has 1 aromatic heterocycles. The number of hydrogen-bond donors (Lipinski definition) is 2. The van der Waals surface area contributed by atoms with Crippen molar-refractivity contribution in [1.82, 2.24) is 4.57 Å². The highest BCUT2D eigenvalue weighted by Crippen LogP contribution is 2.11. The number of aromatic nitrogens is 1. The quantitative estimate of drug-likeness (QED) is 0.743. The third-order valence-corrected chi connectivity index (χ3v) is 2.18. The minimum atomic E-state index is -0.955. The van der Waals surface area contributed by atoms with Crippen molar-refractivity contribution in [3.05, 3.63) is 34.8 Å². The maximum Gasteiger partial charge on any atom is 0.420 e. The average molecular weight is 209 g/mol. The minimum absolute atomic E-state index is 0.0341. The predicted molar refractivity (Wildman–Crippen MR) is 53.6 cm³/mol. The normalized spacial score (nSPS) is 13.2. The fourth-order valence-corrected chi connectivity index (χ4v) is 1.46. The molecule has 1 atom stereocenters. The molecule has 1 heterocycles. The second kappa shape index (κ2) is 3.88. The highest BCUT2D eigenvalue weighted by atomic mass is 16.4. The Morgan fingerprint density at radius 2 is 2.13 bits per heavy atom. The summed E-state index contributed by atoms with van der Waals surface area (Å²) in [6.07, 6.45) is -0.955. The van der Waals surface area contributed by atoms with Gasteiger partial charge in [0.2, 0.25) is 0 Å². The van der Waals surface area contributed by atoms with Gasteiger partial charge < -0.3 is 14.6 Å². The summed E-state index contributed by atoms with van der Waals surface area (Å²) >= 11 is 0. The monoisotopic (exact) mass is 209 g/mol. The minimum Gasteiger partial charge on any atom is -0.408 e. The molecule has 80 valence electrons. The molecule has 0 aliphatic carbocycles. The van der Waals surface area contributed by atoms with Crippen molar-refractivity contribution in [2.24, 2.45) is 0 Å². The first-order valence-electron chi connectivity index (χ1n) is 4.59. The molecule has 0 aliphatic rings. The highest BCUT2D eigenvalue weighted by Gasteiger charge is 2.11. The first-order valence-corrected chi connectivity index (χ1v) is 4.59. The Hall–Kier alpha value is -1.59. The average Bonchev–Trinajstić information content (AvgIpc) is 2.55. The van der Waals surface area contributed by atoms with Gasteiger partial charge in [-0.25, -0.2) is 4.79 Å². The van der Waals surface area contributed by atoms with E-state index >= 15 is 0 Å². The van der Waals surface area contributed by atoms with Crippen LogP contribution in [0.1, 0.15) is 0 Å². The third-order valence-electron chi connectivity index (χ3n) is 2.18. The second-order valence-corrected chi connectivity index (χ2v) is 3.28. The Morgan fingerprint density at radius 3 is 2.87 bits per heavy atom. The molecule has 5 heteroatoms. The summed E-state index contributed by atoms with van der Waals surface area (Å²) in [4.78, 5) is 11.4. The lowest BCUT2D eigenvalue weighted by atomic mass is 10.3. The number of para-hydroxylation sites is 2. The molecule has 2 rings (SSSR count). The van der Waals surface area contributed by atoms with Crippen molar-refractivity contribution in [1.29, 1.82) is 0 Å². The molecule has 1 aromatic carbocycles. The summed E-state index contributed by atoms with van der Waals surface area (Å²) < 4.78 is 6.26. The van der Waals surface area contributed by atoms with Crippen molar-refractivity contribution in [2.75, 3.05) is 6.61 Å². The van der Waals surface area contributed by atoms with Crippen LogP contribution in [-0.4, -0.2) is 27.5 Å². The smallest absolute Gasteiger partial charge is 0.408 e. The van der Waals surface area contributed by atoms with Crippen LogP contribution in [0.5, 0.6) is 0 Å². The molecule has 0 saturated heterocycles. The topological polar surface area (TPSA) is 75.6 Å². The van der Waals surface area contributed by atoms with E-state index < -0.39 is 11.9 Å². The van der Waals surface area contributed by atoms with Gasteiger partial charge in [0.1, 0.15) is 0 Å². The Kier molecular flexibility index (Phi) is 2.57. The number of benzene rings is 1. The molecule has 5 nitrogen and oxygen atoms in total. The molecular weight excluding hydrogens is 198 g/mol. The summed E-state index contributed by atoms with van der Waals surface area (Å²) in [5.74, 6) is -0.524. The van der Waals surface area contributed by atoms with Crippen LogP contribution in [-0.2, 0) is 6.54 Å². The first kappa shape index (κ1) is 9.95. The van der Waals surface area contributed by atoms with Crippen LogP contribution in [0.2, 0.25) is 0 Å². The fourth-order valence-electron chi connectivity index (χ4n) is 1.46. The van der Waals surface area contributed by atoms with Gasteiger partial charge in [0.05, 0.1) is 24.8 Å². The zero-order valence-electron chi connectivity index (χ0n) is 7.96. The van der Waals surface area contributed by atoms with E-state index in [1.54, 1.807) is 24.3 Å². The van der Waals surface area contributed by atoms with Crippen LogP contribution in [0.3, 0.4) is 0 Å².